The molecule has 1 saturated heterocycles. The van der Waals surface area contributed by atoms with E-state index < -0.39 is 0 Å². The number of hydrogen-bond acceptors (Lipinski definition) is 3. The van der Waals surface area contributed by atoms with Crippen LogP contribution in [0.15, 0.2) is 18.5 Å². The second kappa shape index (κ2) is 4.72. The van der Waals surface area contributed by atoms with Crippen LogP contribution in [-0.4, -0.2) is 39.7 Å². The number of nitrogens with two attached hydrogens (primary N) is 1. The fraction of sp³-hybridized carbons (Fsp3) is 0.692. The van der Waals surface area contributed by atoms with Gasteiger partial charge in [-0.1, -0.05) is 0 Å². The summed E-state index contributed by atoms with van der Waals surface area (Å²) in [6.45, 7) is 2.16. The van der Waals surface area contributed by atoms with Gasteiger partial charge in [-0.2, -0.15) is 5.10 Å². The van der Waals surface area contributed by atoms with E-state index in [1.165, 1.54) is 6.42 Å². The highest BCUT2D eigenvalue weighted by molar-refractivity contribution is 5.76. The van der Waals surface area contributed by atoms with Crippen LogP contribution in [-0.2, 0) is 11.3 Å². The highest BCUT2D eigenvalue weighted by atomic mass is 16.2. The summed E-state index contributed by atoms with van der Waals surface area (Å²) < 4.78 is 1.69. The molecular weight excluding hydrogens is 228 g/mol. The van der Waals surface area contributed by atoms with Gasteiger partial charge in [0, 0.05) is 31.5 Å². The monoisotopic (exact) mass is 248 g/mol. The van der Waals surface area contributed by atoms with Crippen molar-refractivity contribution in [2.75, 3.05) is 13.1 Å². The molecule has 0 radical (unpaired) electrons. The van der Waals surface area contributed by atoms with Crippen molar-refractivity contribution >= 4 is 5.91 Å². The molecule has 98 valence electrons. The Kier molecular flexibility index (Phi) is 3.07. The molecule has 1 amide bonds. The maximum atomic E-state index is 12.2. The topological polar surface area (TPSA) is 64.2 Å². The third-order valence-corrected chi connectivity index (χ3v) is 4.30. The fourth-order valence-corrected chi connectivity index (χ4v) is 3.30. The Morgan fingerprint density at radius 3 is 2.94 bits per heavy atom. The van der Waals surface area contributed by atoms with Gasteiger partial charge in [0.15, 0.2) is 0 Å². The van der Waals surface area contributed by atoms with Gasteiger partial charge in [0.1, 0.15) is 6.54 Å². The van der Waals surface area contributed by atoms with Crippen LogP contribution in [0.5, 0.6) is 0 Å². The Balaban J connectivity index is 1.59. The number of carbonyl (C=O) groups excluding carboxylic acids is 1. The van der Waals surface area contributed by atoms with Crippen LogP contribution in [0.1, 0.15) is 19.3 Å². The Labute approximate surface area is 107 Å². The van der Waals surface area contributed by atoms with E-state index in [0.29, 0.717) is 24.4 Å². The molecule has 2 fully saturated rings. The second-order valence-electron chi connectivity index (χ2n) is 5.60. The van der Waals surface area contributed by atoms with Gasteiger partial charge in [-0.25, -0.2) is 0 Å². The molecule has 1 aromatic heterocycles. The highest BCUT2D eigenvalue weighted by Crippen LogP contribution is 2.35. The minimum Gasteiger partial charge on any atom is -0.341 e. The molecule has 5 nitrogen and oxygen atoms in total. The third kappa shape index (κ3) is 2.27. The first-order valence-electron chi connectivity index (χ1n) is 6.73. The Morgan fingerprint density at radius 2 is 2.17 bits per heavy atom. The molecule has 1 aliphatic carbocycles. The summed E-state index contributed by atoms with van der Waals surface area (Å²) in [5.74, 6) is 1.48. The standard InChI is InChI=1S/C13H20N4O/c14-12-3-2-10-7-16(8-11(10)6-12)13(18)9-17-5-1-4-15-17/h1,4-5,10-12H,2-3,6-9,14H2/t10-,11+,12?/m0/s1. The van der Waals surface area contributed by atoms with Crippen molar-refractivity contribution < 1.29 is 4.79 Å². The zero-order valence-electron chi connectivity index (χ0n) is 10.5. The van der Waals surface area contributed by atoms with Crippen molar-refractivity contribution in [1.29, 1.82) is 0 Å². The van der Waals surface area contributed by atoms with Crippen LogP contribution < -0.4 is 5.73 Å². The summed E-state index contributed by atoms with van der Waals surface area (Å²) in [5.41, 5.74) is 6.00. The van der Waals surface area contributed by atoms with Gasteiger partial charge in [0.25, 0.3) is 0 Å². The maximum Gasteiger partial charge on any atom is 0.244 e. The molecule has 5 heteroatoms. The average molecular weight is 248 g/mol. The normalized spacial score (nSPS) is 31.4. The number of amides is 1. The maximum absolute atomic E-state index is 12.2. The number of hydrogen-bond donors (Lipinski definition) is 1. The minimum atomic E-state index is 0.182. The van der Waals surface area contributed by atoms with Crippen molar-refractivity contribution in [2.45, 2.75) is 31.8 Å². The van der Waals surface area contributed by atoms with Crippen molar-refractivity contribution in [1.82, 2.24) is 14.7 Å². The van der Waals surface area contributed by atoms with E-state index in [2.05, 4.69) is 5.10 Å². The van der Waals surface area contributed by atoms with Crippen molar-refractivity contribution in [3.63, 3.8) is 0 Å². The van der Waals surface area contributed by atoms with Crippen LogP contribution in [0.3, 0.4) is 0 Å². The Bertz CT molecular complexity index is 417. The lowest BCUT2D eigenvalue weighted by Gasteiger charge is -2.27. The molecule has 1 saturated carbocycles. The molecular formula is C13H20N4O. The highest BCUT2D eigenvalue weighted by Gasteiger charge is 2.38. The van der Waals surface area contributed by atoms with E-state index in [9.17, 15) is 4.79 Å². The molecule has 18 heavy (non-hydrogen) atoms. The number of nitrogens with zero attached hydrogens (tertiary/aromatic N) is 3. The molecule has 3 atom stereocenters. The summed E-state index contributed by atoms with van der Waals surface area (Å²) in [7, 11) is 0. The Hall–Kier alpha value is -1.36. The van der Waals surface area contributed by atoms with Crippen LogP contribution in [0.4, 0.5) is 0 Å². The largest absolute Gasteiger partial charge is 0.341 e. The molecule has 1 unspecified atom stereocenters. The second-order valence-corrected chi connectivity index (χ2v) is 5.60. The lowest BCUT2D eigenvalue weighted by Crippen LogP contribution is -2.33. The van der Waals surface area contributed by atoms with Gasteiger partial charge in [0.2, 0.25) is 5.91 Å². The van der Waals surface area contributed by atoms with Gasteiger partial charge in [0.05, 0.1) is 0 Å². The summed E-state index contributed by atoms with van der Waals surface area (Å²) in [5, 5.41) is 4.08. The van der Waals surface area contributed by atoms with Gasteiger partial charge >= 0.3 is 0 Å². The third-order valence-electron chi connectivity index (χ3n) is 4.30. The van der Waals surface area contributed by atoms with Crippen molar-refractivity contribution in [2.24, 2.45) is 17.6 Å². The number of carbonyl (C=O) groups is 1. The van der Waals surface area contributed by atoms with Crippen LogP contribution in [0.2, 0.25) is 0 Å². The van der Waals surface area contributed by atoms with Gasteiger partial charge in [-0.15, -0.1) is 0 Å². The van der Waals surface area contributed by atoms with E-state index in [0.717, 1.165) is 25.9 Å². The first-order valence-corrected chi connectivity index (χ1v) is 6.73. The molecule has 1 aliphatic heterocycles. The van der Waals surface area contributed by atoms with Crippen LogP contribution >= 0.6 is 0 Å². The van der Waals surface area contributed by atoms with E-state index in [4.69, 9.17) is 5.73 Å². The summed E-state index contributed by atoms with van der Waals surface area (Å²) in [6.07, 6.45) is 6.91. The summed E-state index contributed by atoms with van der Waals surface area (Å²) in [6, 6.07) is 2.18. The smallest absolute Gasteiger partial charge is 0.244 e. The summed E-state index contributed by atoms with van der Waals surface area (Å²) in [4.78, 5) is 14.2. The molecule has 2 N–H and O–H groups in total. The Morgan fingerprint density at radius 1 is 1.33 bits per heavy atom. The number of likely N-dealkylation sites (tertiary alicyclic amines) is 1. The van der Waals surface area contributed by atoms with Crippen molar-refractivity contribution in [3.05, 3.63) is 18.5 Å². The van der Waals surface area contributed by atoms with Gasteiger partial charge in [-0.3, -0.25) is 9.48 Å². The number of rotatable bonds is 2. The van der Waals surface area contributed by atoms with E-state index in [1.807, 2.05) is 17.2 Å². The molecule has 0 bridgehead atoms. The van der Waals surface area contributed by atoms with Gasteiger partial charge in [-0.05, 0) is 37.2 Å². The predicted octanol–water partition coefficient (Wildman–Crippen LogP) is 0.469. The van der Waals surface area contributed by atoms with Crippen LogP contribution in [0.25, 0.3) is 0 Å². The summed E-state index contributed by atoms with van der Waals surface area (Å²) >= 11 is 0. The molecule has 2 heterocycles. The zero-order valence-corrected chi connectivity index (χ0v) is 10.5. The molecule has 1 aromatic rings. The first kappa shape index (κ1) is 11.7. The predicted molar refractivity (Wildman–Crippen MR) is 67.6 cm³/mol. The lowest BCUT2D eigenvalue weighted by atomic mass is 9.79. The first-order chi connectivity index (χ1) is 8.72. The average Bonchev–Trinajstić information content (AvgIpc) is 2.96. The fourth-order valence-electron chi connectivity index (χ4n) is 3.30. The quantitative estimate of drug-likeness (QED) is 0.827. The molecule has 0 spiro atoms. The van der Waals surface area contributed by atoms with Crippen molar-refractivity contribution in [3.8, 4) is 0 Å². The molecule has 2 aliphatic rings. The SMILES string of the molecule is NC1CC[C@H]2CN(C(=O)Cn3cccn3)C[C@H]2C1. The van der Waals surface area contributed by atoms with E-state index in [-0.39, 0.29) is 5.91 Å². The number of aromatic nitrogens is 2. The van der Waals surface area contributed by atoms with Gasteiger partial charge < -0.3 is 10.6 Å². The molecule has 0 aromatic carbocycles. The van der Waals surface area contributed by atoms with E-state index >= 15 is 0 Å². The lowest BCUT2D eigenvalue weighted by molar-refractivity contribution is -0.131. The minimum absolute atomic E-state index is 0.182. The number of fused-ring (bicyclic) bond motifs is 1. The molecule has 3 rings (SSSR count). The zero-order chi connectivity index (χ0) is 12.5. The van der Waals surface area contributed by atoms with E-state index in [1.54, 1.807) is 10.9 Å². The van der Waals surface area contributed by atoms with Crippen LogP contribution in [0, 0.1) is 11.8 Å².